The van der Waals surface area contributed by atoms with Gasteiger partial charge in [0.1, 0.15) is 0 Å². The van der Waals surface area contributed by atoms with Crippen LogP contribution in [0.3, 0.4) is 0 Å². The minimum Gasteiger partial charge on any atom is -0.107 e. The van der Waals surface area contributed by atoms with Crippen molar-refractivity contribution in [1.82, 2.24) is 0 Å². The van der Waals surface area contributed by atoms with Gasteiger partial charge in [0.25, 0.3) is 0 Å². The molecule has 1 aliphatic rings. The predicted molar refractivity (Wildman–Crippen MR) is 158 cm³/mol. The van der Waals surface area contributed by atoms with E-state index in [4.69, 9.17) is 4.74 Å². The Balaban J connectivity index is 0.00000385. The average molecular weight is 631 g/mol. The van der Waals surface area contributed by atoms with E-state index in [9.17, 15) is 0 Å². The van der Waals surface area contributed by atoms with Crippen molar-refractivity contribution in [3.8, 4) is 5.75 Å². The molecule has 1 heterocycles. The number of halogens is 1. The molecule has 0 saturated carbocycles. The van der Waals surface area contributed by atoms with Crippen molar-refractivity contribution in [2.75, 3.05) is 48.4 Å². The maximum atomic E-state index is 5.84. The molecule has 0 amide bonds. The SMILES string of the molecule is CCCCN(CCCC)c1ccc2c(c1)[Se]c1cc(N(CCC)CCC)cc(OC)c1N2.I. The number of unbranched alkanes of at least 4 members (excludes halogenated alkanes) is 2. The predicted octanol–water partition coefficient (Wildman–Crippen LogP) is 6.06. The van der Waals surface area contributed by atoms with Crippen LogP contribution in [0.5, 0.6) is 5.75 Å². The number of ether oxygens (including phenoxy) is 1. The third-order valence-corrected chi connectivity index (χ3v) is 8.30. The molecule has 4 nitrogen and oxygen atoms in total. The molecule has 3 rings (SSSR count). The van der Waals surface area contributed by atoms with Gasteiger partial charge in [0, 0.05) is 0 Å². The second-order valence-corrected chi connectivity index (χ2v) is 10.9. The van der Waals surface area contributed by atoms with Crippen LogP contribution < -0.4 is 28.8 Å². The second-order valence-electron chi connectivity index (χ2n) is 8.61. The molecule has 0 radical (unpaired) electrons. The van der Waals surface area contributed by atoms with Gasteiger partial charge in [0.05, 0.1) is 0 Å². The quantitative estimate of drug-likeness (QED) is 0.184. The number of fused-ring (bicyclic) bond motifs is 2. The standard InChI is InChI=1S/C27H41N3OSe.HI/c1-6-10-16-30(17-11-7-2)21-12-13-23-25(19-21)32-26-20-22(29(14-8-3)15-9-4)18-24(31-5)27(26)28-23;/h12-13,18-20,28H,6-11,14-17H2,1-5H3;1H. The molecule has 0 bridgehead atoms. The van der Waals surface area contributed by atoms with Gasteiger partial charge in [-0.05, 0) is 0 Å². The van der Waals surface area contributed by atoms with Gasteiger partial charge in [-0.25, -0.2) is 0 Å². The summed E-state index contributed by atoms with van der Waals surface area (Å²) in [7, 11) is 1.79. The fourth-order valence-corrected chi connectivity index (χ4v) is 6.51. The Morgan fingerprint density at radius 1 is 0.758 bits per heavy atom. The average Bonchev–Trinajstić information content (AvgIpc) is 2.81. The molecule has 33 heavy (non-hydrogen) atoms. The van der Waals surface area contributed by atoms with E-state index in [1.165, 1.54) is 51.7 Å². The van der Waals surface area contributed by atoms with Crippen LogP contribution >= 0.6 is 24.0 Å². The molecule has 0 atom stereocenters. The van der Waals surface area contributed by atoms with Gasteiger partial charge in [-0.15, -0.1) is 24.0 Å². The summed E-state index contributed by atoms with van der Waals surface area (Å²) >= 11 is 0.250. The Labute approximate surface area is 225 Å². The smallest absolute Gasteiger partial charge is 0.107 e. The third kappa shape index (κ3) is 7.19. The maximum absolute atomic E-state index is 5.84. The summed E-state index contributed by atoms with van der Waals surface area (Å²) in [4.78, 5) is 5.09. The van der Waals surface area contributed by atoms with E-state index in [0.717, 1.165) is 50.5 Å². The summed E-state index contributed by atoms with van der Waals surface area (Å²) in [5, 5.41) is 3.70. The molecule has 2 aromatic carbocycles. The first kappa shape index (κ1) is 28.1. The number of nitrogens with one attached hydrogen (secondary N) is 1. The number of hydrogen-bond acceptors (Lipinski definition) is 4. The fraction of sp³-hybridized carbons (Fsp3) is 0.556. The summed E-state index contributed by atoms with van der Waals surface area (Å²) < 4.78 is 8.67. The first-order valence-corrected chi connectivity index (χ1v) is 14.2. The Hall–Kier alpha value is -1.11. The summed E-state index contributed by atoms with van der Waals surface area (Å²) in [6, 6.07) is 11.6. The number of hydrogen-bond donors (Lipinski definition) is 1. The molecule has 2 aromatic rings. The summed E-state index contributed by atoms with van der Waals surface area (Å²) in [6.45, 7) is 13.5. The van der Waals surface area contributed by atoms with Crippen LogP contribution in [0.2, 0.25) is 0 Å². The normalized spacial score (nSPS) is 11.7. The largest absolute Gasteiger partial charge is 0.107 e. The number of anilines is 4. The number of rotatable bonds is 13. The third-order valence-electron chi connectivity index (χ3n) is 6.00. The van der Waals surface area contributed by atoms with Crippen LogP contribution in [0.4, 0.5) is 22.7 Å². The molecular weight excluding hydrogens is 588 g/mol. The number of benzene rings is 2. The van der Waals surface area contributed by atoms with Crippen molar-refractivity contribution in [1.29, 1.82) is 0 Å². The van der Waals surface area contributed by atoms with Crippen molar-refractivity contribution < 1.29 is 4.74 Å². The molecule has 6 heteroatoms. The van der Waals surface area contributed by atoms with Gasteiger partial charge in [-0.2, -0.15) is 0 Å². The van der Waals surface area contributed by atoms with Crippen LogP contribution in [0.1, 0.15) is 66.2 Å². The topological polar surface area (TPSA) is 27.7 Å². The zero-order valence-corrected chi connectivity index (χ0v) is 25.1. The zero-order valence-electron chi connectivity index (χ0n) is 21.1. The Bertz CT molecular complexity index is 863. The molecule has 184 valence electrons. The first-order valence-electron chi connectivity index (χ1n) is 12.5. The molecule has 0 saturated heterocycles. The Morgan fingerprint density at radius 2 is 1.36 bits per heavy atom. The van der Waals surface area contributed by atoms with Crippen molar-refractivity contribution in [3.05, 3.63) is 30.3 Å². The molecular formula is C27H42IN3OSe. The van der Waals surface area contributed by atoms with Crippen molar-refractivity contribution in [2.24, 2.45) is 0 Å². The van der Waals surface area contributed by atoms with Crippen LogP contribution in [-0.4, -0.2) is 48.2 Å². The summed E-state index contributed by atoms with van der Waals surface area (Å²) in [6.07, 6.45) is 7.28. The monoisotopic (exact) mass is 631 g/mol. The van der Waals surface area contributed by atoms with Crippen LogP contribution in [0.25, 0.3) is 0 Å². The van der Waals surface area contributed by atoms with E-state index < -0.39 is 0 Å². The van der Waals surface area contributed by atoms with E-state index in [1.807, 2.05) is 0 Å². The van der Waals surface area contributed by atoms with Crippen LogP contribution in [0, 0.1) is 0 Å². The second kappa shape index (κ2) is 14.3. The number of nitrogens with zero attached hydrogens (tertiary/aromatic N) is 2. The van der Waals surface area contributed by atoms with Gasteiger partial charge < -0.3 is 0 Å². The van der Waals surface area contributed by atoms with E-state index in [0.29, 0.717) is 0 Å². The summed E-state index contributed by atoms with van der Waals surface area (Å²) in [5.41, 5.74) is 5.05. The molecule has 0 aliphatic carbocycles. The Morgan fingerprint density at radius 3 is 1.94 bits per heavy atom. The molecule has 0 unspecified atom stereocenters. The van der Waals surface area contributed by atoms with Crippen LogP contribution in [-0.2, 0) is 0 Å². The molecule has 0 aromatic heterocycles. The van der Waals surface area contributed by atoms with E-state index >= 15 is 0 Å². The van der Waals surface area contributed by atoms with E-state index in [1.54, 1.807) is 7.11 Å². The first-order chi connectivity index (χ1) is 15.6. The number of methoxy groups -OCH3 is 1. The molecule has 0 spiro atoms. The molecule has 0 fully saturated rings. The fourth-order valence-electron chi connectivity index (χ4n) is 4.25. The Kier molecular flexibility index (Phi) is 12.2. The van der Waals surface area contributed by atoms with Gasteiger partial charge in [-0.1, -0.05) is 0 Å². The van der Waals surface area contributed by atoms with Crippen molar-refractivity contribution in [2.45, 2.75) is 66.2 Å². The molecule has 1 N–H and O–H groups in total. The minimum absolute atomic E-state index is 0. The van der Waals surface area contributed by atoms with Gasteiger partial charge >= 0.3 is 202 Å². The van der Waals surface area contributed by atoms with Crippen molar-refractivity contribution in [3.63, 3.8) is 0 Å². The van der Waals surface area contributed by atoms with Crippen LogP contribution in [0.15, 0.2) is 30.3 Å². The molecule has 1 aliphatic heterocycles. The zero-order chi connectivity index (χ0) is 22.9. The van der Waals surface area contributed by atoms with Gasteiger partial charge in [0.15, 0.2) is 0 Å². The van der Waals surface area contributed by atoms with E-state index in [2.05, 4.69) is 73.1 Å². The van der Waals surface area contributed by atoms with Gasteiger partial charge in [-0.3, -0.25) is 0 Å². The summed E-state index contributed by atoms with van der Waals surface area (Å²) in [5.74, 6) is 0.957. The van der Waals surface area contributed by atoms with E-state index in [-0.39, 0.29) is 38.9 Å². The minimum atomic E-state index is 0. The maximum Gasteiger partial charge on any atom is -0.107 e. The van der Waals surface area contributed by atoms with Crippen molar-refractivity contribution >= 4 is 70.6 Å². The van der Waals surface area contributed by atoms with Gasteiger partial charge in [0.2, 0.25) is 0 Å².